The molecule has 1 aromatic carbocycles. The maximum absolute atomic E-state index is 12.7. The Kier molecular flexibility index (Phi) is 4.53. The maximum atomic E-state index is 12.7. The summed E-state index contributed by atoms with van der Waals surface area (Å²) in [6.45, 7) is 0.635. The normalized spacial score (nSPS) is 16.7. The molecule has 0 aromatic heterocycles. The highest BCUT2D eigenvalue weighted by molar-refractivity contribution is 5.59. The van der Waals surface area contributed by atoms with E-state index in [0.29, 0.717) is 12.5 Å². The van der Waals surface area contributed by atoms with E-state index in [-0.39, 0.29) is 11.3 Å². The van der Waals surface area contributed by atoms with Crippen LogP contribution in [0.1, 0.15) is 43.2 Å². The molecule has 0 unspecified atom stereocenters. The summed E-state index contributed by atoms with van der Waals surface area (Å²) in [5.74, 6) is 0.491. The fourth-order valence-electron chi connectivity index (χ4n) is 2.61. The first-order valence-electron chi connectivity index (χ1n) is 6.86. The molecule has 0 spiro atoms. The largest absolute Gasteiger partial charge is 0.416 e. The fraction of sp³-hybridized carbons (Fsp3) is 0.533. The van der Waals surface area contributed by atoms with E-state index in [1.807, 2.05) is 6.07 Å². The molecule has 5 heteroatoms. The number of nitrogens with one attached hydrogen (secondary N) is 1. The minimum absolute atomic E-state index is 0.258. The molecular weight excluding hydrogens is 265 g/mol. The second-order valence-electron chi connectivity index (χ2n) is 5.25. The molecular formula is C15H17F3N2. The number of hydrogen-bond donors (Lipinski definition) is 1. The summed E-state index contributed by atoms with van der Waals surface area (Å²) in [7, 11) is 0. The van der Waals surface area contributed by atoms with Gasteiger partial charge in [-0.3, -0.25) is 0 Å². The Balaban J connectivity index is 2.10. The number of rotatable bonds is 3. The van der Waals surface area contributed by atoms with E-state index < -0.39 is 11.7 Å². The number of halogens is 3. The van der Waals surface area contributed by atoms with E-state index in [0.717, 1.165) is 25.0 Å². The molecule has 0 aliphatic heterocycles. The molecule has 2 rings (SSSR count). The number of anilines is 1. The molecule has 2 nitrogen and oxygen atoms in total. The zero-order chi connectivity index (χ0) is 14.6. The van der Waals surface area contributed by atoms with Gasteiger partial charge in [-0.2, -0.15) is 18.4 Å². The van der Waals surface area contributed by atoms with Gasteiger partial charge in [0.2, 0.25) is 0 Å². The first kappa shape index (κ1) is 14.7. The molecule has 0 atom stereocenters. The average Bonchev–Trinajstić information content (AvgIpc) is 2.45. The second-order valence-corrected chi connectivity index (χ2v) is 5.25. The molecule has 0 heterocycles. The van der Waals surface area contributed by atoms with Gasteiger partial charge in [-0.05, 0) is 37.0 Å². The Labute approximate surface area is 116 Å². The number of nitrogens with zero attached hydrogens (tertiary/aromatic N) is 1. The molecule has 0 amide bonds. The van der Waals surface area contributed by atoms with Gasteiger partial charge < -0.3 is 5.32 Å². The van der Waals surface area contributed by atoms with Crippen molar-refractivity contribution < 1.29 is 13.2 Å². The first-order chi connectivity index (χ1) is 9.50. The Bertz CT molecular complexity index is 497. The summed E-state index contributed by atoms with van der Waals surface area (Å²) in [4.78, 5) is 0. The molecule has 1 aliphatic rings. The van der Waals surface area contributed by atoms with Gasteiger partial charge in [0.1, 0.15) is 6.07 Å². The van der Waals surface area contributed by atoms with Gasteiger partial charge in [-0.15, -0.1) is 0 Å². The van der Waals surface area contributed by atoms with Gasteiger partial charge in [-0.25, -0.2) is 0 Å². The zero-order valence-electron chi connectivity index (χ0n) is 11.1. The molecule has 1 N–H and O–H groups in total. The van der Waals surface area contributed by atoms with Crippen LogP contribution in [0.3, 0.4) is 0 Å². The molecule has 1 fully saturated rings. The van der Waals surface area contributed by atoms with Crippen molar-refractivity contribution in [1.82, 2.24) is 0 Å². The smallest absolute Gasteiger partial charge is 0.384 e. The van der Waals surface area contributed by atoms with Crippen LogP contribution in [0.4, 0.5) is 18.9 Å². The summed E-state index contributed by atoms with van der Waals surface area (Å²) >= 11 is 0. The van der Waals surface area contributed by atoms with Crippen LogP contribution in [0, 0.1) is 17.2 Å². The summed E-state index contributed by atoms with van der Waals surface area (Å²) < 4.78 is 38.1. The zero-order valence-corrected chi connectivity index (χ0v) is 11.1. The number of alkyl halides is 3. The van der Waals surface area contributed by atoms with Crippen molar-refractivity contribution in [3.05, 3.63) is 29.3 Å². The predicted octanol–water partition coefficient (Wildman–Crippen LogP) is 4.57. The van der Waals surface area contributed by atoms with Crippen LogP contribution in [0.15, 0.2) is 18.2 Å². The highest BCUT2D eigenvalue weighted by atomic mass is 19.4. The van der Waals surface area contributed by atoms with Crippen molar-refractivity contribution in [2.75, 3.05) is 11.9 Å². The SMILES string of the molecule is N#Cc1ccc(C(F)(F)F)cc1NCC1CCCCC1. The third-order valence-corrected chi connectivity index (χ3v) is 3.77. The van der Waals surface area contributed by atoms with Crippen molar-refractivity contribution in [2.24, 2.45) is 5.92 Å². The highest BCUT2D eigenvalue weighted by Crippen LogP contribution is 2.32. The Morgan fingerprint density at radius 1 is 1.20 bits per heavy atom. The summed E-state index contributed by atoms with van der Waals surface area (Å²) in [6, 6.07) is 5.14. The van der Waals surface area contributed by atoms with Gasteiger partial charge >= 0.3 is 6.18 Å². The molecule has 1 aliphatic carbocycles. The lowest BCUT2D eigenvalue weighted by atomic mass is 9.89. The van der Waals surface area contributed by atoms with Crippen LogP contribution >= 0.6 is 0 Å². The quantitative estimate of drug-likeness (QED) is 0.881. The molecule has 1 aromatic rings. The van der Waals surface area contributed by atoms with Crippen molar-refractivity contribution in [3.8, 4) is 6.07 Å². The fourth-order valence-corrected chi connectivity index (χ4v) is 2.61. The second kappa shape index (κ2) is 6.17. The van der Waals surface area contributed by atoms with Crippen LogP contribution < -0.4 is 5.32 Å². The molecule has 108 valence electrons. The highest BCUT2D eigenvalue weighted by Gasteiger charge is 2.31. The van der Waals surface area contributed by atoms with Crippen molar-refractivity contribution in [1.29, 1.82) is 5.26 Å². The monoisotopic (exact) mass is 282 g/mol. The lowest BCUT2D eigenvalue weighted by molar-refractivity contribution is -0.137. The van der Waals surface area contributed by atoms with Crippen LogP contribution in [0.25, 0.3) is 0 Å². The van der Waals surface area contributed by atoms with Crippen LogP contribution in [-0.4, -0.2) is 6.54 Å². The molecule has 0 radical (unpaired) electrons. The first-order valence-corrected chi connectivity index (χ1v) is 6.86. The predicted molar refractivity (Wildman–Crippen MR) is 71.2 cm³/mol. The van der Waals surface area contributed by atoms with Gasteiger partial charge in [0.25, 0.3) is 0 Å². The lowest BCUT2D eigenvalue weighted by Crippen LogP contribution is -2.18. The summed E-state index contributed by atoms with van der Waals surface area (Å²) in [5, 5.41) is 12.0. The third-order valence-electron chi connectivity index (χ3n) is 3.77. The average molecular weight is 282 g/mol. The third kappa shape index (κ3) is 3.66. The van der Waals surface area contributed by atoms with E-state index in [1.54, 1.807) is 0 Å². The van der Waals surface area contributed by atoms with Crippen LogP contribution in [0.5, 0.6) is 0 Å². The Morgan fingerprint density at radius 2 is 1.90 bits per heavy atom. The molecule has 1 saturated carbocycles. The molecule has 20 heavy (non-hydrogen) atoms. The number of nitriles is 1. The van der Waals surface area contributed by atoms with E-state index in [1.165, 1.54) is 25.3 Å². The van der Waals surface area contributed by atoms with Crippen molar-refractivity contribution in [2.45, 2.75) is 38.3 Å². The Hall–Kier alpha value is -1.70. The van der Waals surface area contributed by atoms with Gasteiger partial charge in [0.05, 0.1) is 16.8 Å². The van der Waals surface area contributed by atoms with Crippen LogP contribution in [-0.2, 0) is 6.18 Å². The minimum atomic E-state index is -4.38. The number of hydrogen-bond acceptors (Lipinski definition) is 2. The van der Waals surface area contributed by atoms with Crippen molar-refractivity contribution >= 4 is 5.69 Å². The van der Waals surface area contributed by atoms with E-state index in [2.05, 4.69) is 5.32 Å². The standard InChI is InChI=1S/C15H17F3N2/c16-15(17,18)13-7-6-12(9-19)14(8-13)20-10-11-4-2-1-3-5-11/h6-8,11,20H,1-5,10H2. The van der Waals surface area contributed by atoms with Crippen LogP contribution in [0.2, 0.25) is 0 Å². The maximum Gasteiger partial charge on any atom is 0.416 e. The van der Waals surface area contributed by atoms with Gasteiger partial charge in [-0.1, -0.05) is 19.3 Å². The molecule has 0 bridgehead atoms. The summed E-state index contributed by atoms with van der Waals surface area (Å²) in [5.41, 5.74) is -0.177. The van der Waals surface area contributed by atoms with Crippen molar-refractivity contribution in [3.63, 3.8) is 0 Å². The van der Waals surface area contributed by atoms with Gasteiger partial charge in [0.15, 0.2) is 0 Å². The van der Waals surface area contributed by atoms with Gasteiger partial charge in [0, 0.05) is 6.54 Å². The molecule has 0 saturated heterocycles. The van der Waals surface area contributed by atoms with E-state index >= 15 is 0 Å². The Morgan fingerprint density at radius 3 is 2.50 bits per heavy atom. The van der Waals surface area contributed by atoms with E-state index in [9.17, 15) is 13.2 Å². The minimum Gasteiger partial charge on any atom is -0.384 e. The number of benzene rings is 1. The topological polar surface area (TPSA) is 35.8 Å². The summed E-state index contributed by atoms with van der Waals surface area (Å²) in [6.07, 6.45) is 1.43. The lowest BCUT2D eigenvalue weighted by Gasteiger charge is -2.22. The van der Waals surface area contributed by atoms with E-state index in [4.69, 9.17) is 5.26 Å².